The van der Waals surface area contributed by atoms with E-state index >= 15 is 0 Å². The summed E-state index contributed by atoms with van der Waals surface area (Å²) in [6.45, 7) is 0. The fourth-order valence-electron chi connectivity index (χ4n) is 1.81. The highest BCUT2D eigenvalue weighted by Crippen LogP contribution is 2.23. The van der Waals surface area contributed by atoms with E-state index in [-0.39, 0.29) is 5.78 Å². The van der Waals surface area contributed by atoms with Gasteiger partial charge in [-0.1, -0.05) is 30.4 Å². The molecule has 0 spiro atoms. The van der Waals surface area contributed by atoms with Crippen LogP contribution in [0.1, 0.15) is 19.3 Å². The Morgan fingerprint density at radius 3 is 2.62 bits per heavy atom. The van der Waals surface area contributed by atoms with E-state index in [0.717, 1.165) is 30.2 Å². The second kappa shape index (κ2) is 4.79. The molecule has 0 aliphatic heterocycles. The standard InChI is InChI=1S/C14H14O2/c15-10-11-2-1-3-12(5-4-11)13-6-8-14(16)9-7-13/h1,3-6,8,10,15H,2,7,9H2. The molecule has 2 nitrogen and oxygen atoms in total. The summed E-state index contributed by atoms with van der Waals surface area (Å²) < 4.78 is 0. The van der Waals surface area contributed by atoms with Gasteiger partial charge in [0.25, 0.3) is 0 Å². The molecule has 0 bridgehead atoms. The molecule has 2 heteroatoms. The molecule has 0 fully saturated rings. The number of ketones is 1. The minimum absolute atomic E-state index is 0.196. The molecule has 82 valence electrons. The average molecular weight is 214 g/mol. The van der Waals surface area contributed by atoms with Gasteiger partial charge in [0.2, 0.25) is 0 Å². The third-order valence-electron chi connectivity index (χ3n) is 2.78. The van der Waals surface area contributed by atoms with Crippen LogP contribution in [-0.4, -0.2) is 10.9 Å². The predicted molar refractivity (Wildman–Crippen MR) is 64.0 cm³/mol. The summed E-state index contributed by atoms with van der Waals surface area (Å²) in [4.78, 5) is 11.1. The third-order valence-corrected chi connectivity index (χ3v) is 2.78. The number of hydrogen-bond donors (Lipinski definition) is 1. The Morgan fingerprint density at radius 1 is 1.06 bits per heavy atom. The fourth-order valence-corrected chi connectivity index (χ4v) is 1.81. The van der Waals surface area contributed by atoms with Crippen LogP contribution in [0.4, 0.5) is 0 Å². The average Bonchev–Trinajstić information content (AvgIpc) is 2.55. The van der Waals surface area contributed by atoms with Crippen LogP contribution >= 0.6 is 0 Å². The summed E-state index contributed by atoms with van der Waals surface area (Å²) in [5.74, 6) is 0.196. The monoisotopic (exact) mass is 214 g/mol. The molecule has 0 saturated carbocycles. The Labute approximate surface area is 95.0 Å². The van der Waals surface area contributed by atoms with Gasteiger partial charge in [0.15, 0.2) is 5.78 Å². The number of carbonyl (C=O) groups excluding carboxylic acids is 1. The van der Waals surface area contributed by atoms with Crippen LogP contribution in [0.5, 0.6) is 0 Å². The minimum atomic E-state index is 0.196. The van der Waals surface area contributed by atoms with Gasteiger partial charge in [-0.05, 0) is 35.6 Å². The Kier molecular flexibility index (Phi) is 3.20. The van der Waals surface area contributed by atoms with Gasteiger partial charge in [-0.2, -0.15) is 0 Å². The van der Waals surface area contributed by atoms with Crippen molar-refractivity contribution >= 4 is 5.78 Å². The van der Waals surface area contributed by atoms with Gasteiger partial charge in [-0.3, -0.25) is 4.79 Å². The first kappa shape index (κ1) is 10.7. The number of rotatable bonds is 0. The Hall–Kier alpha value is -1.83. The minimum Gasteiger partial charge on any atom is -0.515 e. The smallest absolute Gasteiger partial charge is 0.156 e. The number of aliphatic hydroxyl groups excluding tert-OH is 1. The van der Waals surface area contributed by atoms with Gasteiger partial charge in [-0.25, -0.2) is 0 Å². The highest BCUT2D eigenvalue weighted by molar-refractivity contribution is 5.91. The lowest BCUT2D eigenvalue weighted by Crippen LogP contribution is -2.00. The molecule has 2 rings (SSSR count). The summed E-state index contributed by atoms with van der Waals surface area (Å²) in [5.41, 5.74) is 3.20. The molecule has 0 aromatic carbocycles. The Balaban J connectivity index is 2.31. The van der Waals surface area contributed by atoms with Crippen molar-refractivity contribution < 1.29 is 9.90 Å². The number of carbonyl (C=O) groups is 1. The summed E-state index contributed by atoms with van der Waals surface area (Å²) in [5, 5.41) is 8.93. The SMILES string of the molecule is O=C1C=CC(=C2C=CCC(=CO)C=C2)CC1. The third kappa shape index (κ3) is 2.40. The van der Waals surface area contributed by atoms with Gasteiger partial charge < -0.3 is 5.11 Å². The molecule has 0 aromatic heterocycles. The lowest BCUT2D eigenvalue weighted by molar-refractivity contribution is -0.114. The zero-order valence-electron chi connectivity index (χ0n) is 9.02. The van der Waals surface area contributed by atoms with Gasteiger partial charge in [0.1, 0.15) is 0 Å². The second-order valence-corrected chi connectivity index (χ2v) is 3.92. The first-order valence-electron chi connectivity index (χ1n) is 5.41. The maximum absolute atomic E-state index is 11.1. The Morgan fingerprint density at radius 2 is 1.94 bits per heavy atom. The van der Waals surface area contributed by atoms with Crippen molar-refractivity contribution in [3.63, 3.8) is 0 Å². The molecule has 0 atom stereocenters. The Bertz CT molecular complexity index is 445. The van der Waals surface area contributed by atoms with Crippen molar-refractivity contribution in [2.75, 3.05) is 0 Å². The van der Waals surface area contributed by atoms with E-state index in [0.29, 0.717) is 6.42 Å². The number of aliphatic hydroxyl groups is 1. The maximum Gasteiger partial charge on any atom is 0.156 e. The molecule has 2 aliphatic carbocycles. The molecule has 16 heavy (non-hydrogen) atoms. The molecule has 0 radical (unpaired) electrons. The summed E-state index contributed by atoms with van der Waals surface area (Å²) in [6.07, 6.45) is 14.8. The summed E-state index contributed by atoms with van der Waals surface area (Å²) in [7, 11) is 0. The molecular weight excluding hydrogens is 200 g/mol. The van der Waals surface area contributed by atoms with Gasteiger partial charge in [0, 0.05) is 6.42 Å². The second-order valence-electron chi connectivity index (χ2n) is 3.92. The largest absolute Gasteiger partial charge is 0.515 e. The topological polar surface area (TPSA) is 37.3 Å². The van der Waals surface area contributed by atoms with E-state index in [9.17, 15) is 4.79 Å². The van der Waals surface area contributed by atoms with E-state index in [1.54, 1.807) is 6.08 Å². The molecule has 1 N–H and O–H groups in total. The van der Waals surface area contributed by atoms with Crippen LogP contribution in [0.2, 0.25) is 0 Å². The molecule has 0 unspecified atom stereocenters. The first-order chi connectivity index (χ1) is 7.79. The zero-order valence-corrected chi connectivity index (χ0v) is 9.02. The van der Waals surface area contributed by atoms with E-state index in [2.05, 4.69) is 0 Å². The quantitative estimate of drug-likeness (QED) is 0.629. The normalized spacial score (nSPS) is 27.5. The number of hydrogen-bond acceptors (Lipinski definition) is 2. The van der Waals surface area contributed by atoms with Gasteiger partial charge in [0.05, 0.1) is 6.26 Å². The van der Waals surface area contributed by atoms with Crippen molar-refractivity contribution in [3.05, 3.63) is 59.4 Å². The number of allylic oxidation sites excluding steroid dienone is 9. The van der Waals surface area contributed by atoms with Crippen LogP contribution in [-0.2, 0) is 4.79 Å². The first-order valence-corrected chi connectivity index (χ1v) is 5.41. The van der Waals surface area contributed by atoms with E-state index in [1.807, 2.05) is 30.4 Å². The van der Waals surface area contributed by atoms with Crippen molar-refractivity contribution in [3.8, 4) is 0 Å². The summed E-state index contributed by atoms with van der Waals surface area (Å²) in [6, 6.07) is 0. The van der Waals surface area contributed by atoms with Crippen LogP contribution in [0, 0.1) is 0 Å². The summed E-state index contributed by atoms with van der Waals surface area (Å²) >= 11 is 0. The van der Waals surface area contributed by atoms with Gasteiger partial charge in [-0.15, -0.1) is 0 Å². The molecule has 0 saturated heterocycles. The lowest BCUT2D eigenvalue weighted by atomic mass is 9.96. The van der Waals surface area contributed by atoms with E-state index < -0.39 is 0 Å². The van der Waals surface area contributed by atoms with E-state index in [1.165, 1.54) is 5.57 Å². The fraction of sp³-hybridized carbons (Fsp3) is 0.214. The van der Waals surface area contributed by atoms with Crippen LogP contribution in [0.25, 0.3) is 0 Å². The highest BCUT2D eigenvalue weighted by atomic mass is 16.2. The van der Waals surface area contributed by atoms with Crippen molar-refractivity contribution in [2.45, 2.75) is 19.3 Å². The van der Waals surface area contributed by atoms with Gasteiger partial charge >= 0.3 is 0 Å². The predicted octanol–water partition coefficient (Wildman–Crippen LogP) is 3.16. The molecule has 0 heterocycles. The molecular formula is C14H14O2. The molecule has 0 aromatic rings. The zero-order chi connectivity index (χ0) is 11.4. The van der Waals surface area contributed by atoms with Crippen LogP contribution in [0.15, 0.2) is 59.4 Å². The molecule has 0 amide bonds. The highest BCUT2D eigenvalue weighted by Gasteiger charge is 2.09. The van der Waals surface area contributed by atoms with Crippen molar-refractivity contribution in [1.82, 2.24) is 0 Å². The van der Waals surface area contributed by atoms with E-state index in [4.69, 9.17) is 5.11 Å². The van der Waals surface area contributed by atoms with Crippen LogP contribution < -0.4 is 0 Å². The molecule has 2 aliphatic rings. The maximum atomic E-state index is 11.1. The van der Waals surface area contributed by atoms with Crippen molar-refractivity contribution in [2.24, 2.45) is 0 Å². The van der Waals surface area contributed by atoms with Crippen molar-refractivity contribution in [1.29, 1.82) is 0 Å². The van der Waals surface area contributed by atoms with Crippen LogP contribution in [0.3, 0.4) is 0 Å². The lowest BCUT2D eigenvalue weighted by Gasteiger charge is -2.08.